The summed E-state index contributed by atoms with van der Waals surface area (Å²) in [4.78, 5) is 25.9. The fourth-order valence-electron chi connectivity index (χ4n) is 3.08. The van der Waals surface area contributed by atoms with Gasteiger partial charge in [0.05, 0.1) is 23.8 Å². The van der Waals surface area contributed by atoms with Crippen LogP contribution < -0.4 is 5.32 Å². The third-order valence-electron chi connectivity index (χ3n) is 4.58. The summed E-state index contributed by atoms with van der Waals surface area (Å²) in [5, 5.41) is 7.35. The molecule has 4 aromatic rings. The summed E-state index contributed by atoms with van der Waals surface area (Å²) >= 11 is 0. The fourth-order valence-corrected chi connectivity index (χ4v) is 3.08. The maximum atomic E-state index is 13.0. The van der Waals surface area contributed by atoms with Gasteiger partial charge in [-0.25, -0.2) is 9.97 Å². The first-order chi connectivity index (χ1) is 14.2. The third-order valence-corrected chi connectivity index (χ3v) is 4.58. The molecule has 7 heteroatoms. The van der Waals surface area contributed by atoms with Gasteiger partial charge in [-0.1, -0.05) is 30.3 Å². The summed E-state index contributed by atoms with van der Waals surface area (Å²) in [6.45, 7) is 2.33. The van der Waals surface area contributed by atoms with Crippen molar-refractivity contribution >= 4 is 5.91 Å². The molecule has 0 saturated heterocycles. The molecule has 0 aliphatic carbocycles. The summed E-state index contributed by atoms with van der Waals surface area (Å²) in [6.07, 6.45) is 8.56. The first-order valence-corrected chi connectivity index (χ1v) is 9.28. The molecule has 1 aromatic carbocycles. The van der Waals surface area contributed by atoms with Crippen molar-refractivity contribution in [3.8, 4) is 11.4 Å². The number of nitrogens with one attached hydrogen (secondary N) is 1. The van der Waals surface area contributed by atoms with E-state index in [0.29, 0.717) is 23.6 Å². The van der Waals surface area contributed by atoms with Gasteiger partial charge in [0, 0.05) is 36.5 Å². The second-order valence-corrected chi connectivity index (χ2v) is 6.60. The van der Waals surface area contributed by atoms with E-state index < -0.39 is 0 Å². The summed E-state index contributed by atoms with van der Waals surface area (Å²) in [5.74, 6) is 0.324. The predicted molar refractivity (Wildman–Crippen MR) is 109 cm³/mol. The number of amides is 1. The van der Waals surface area contributed by atoms with Gasteiger partial charge in [0.15, 0.2) is 5.82 Å². The van der Waals surface area contributed by atoms with Gasteiger partial charge in [0.1, 0.15) is 0 Å². The molecule has 0 saturated carbocycles. The largest absolute Gasteiger partial charge is 0.343 e. The Morgan fingerprint density at radius 2 is 1.93 bits per heavy atom. The molecule has 0 unspecified atom stereocenters. The van der Waals surface area contributed by atoms with Gasteiger partial charge in [-0.05, 0) is 30.7 Å². The van der Waals surface area contributed by atoms with Crippen molar-refractivity contribution in [1.82, 2.24) is 30.0 Å². The molecule has 3 aromatic heterocycles. The fraction of sp³-hybridized carbons (Fsp3) is 0.136. The van der Waals surface area contributed by atoms with Gasteiger partial charge in [-0.3, -0.25) is 14.5 Å². The SMILES string of the molecule is Cc1nc(-c2cccnc2)ncc1C(=O)N[C@@H](Cn1cccn1)c1ccccc1. The Morgan fingerprint density at radius 3 is 2.62 bits per heavy atom. The van der Waals surface area contributed by atoms with Crippen molar-refractivity contribution in [3.63, 3.8) is 0 Å². The third kappa shape index (κ3) is 4.35. The van der Waals surface area contributed by atoms with Crippen LogP contribution in [0.15, 0.2) is 79.5 Å². The molecular weight excluding hydrogens is 364 g/mol. The van der Waals surface area contributed by atoms with Gasteiger partial charge >= 0.3 is 0 Å². The number of pyridine rings is 1. The van der Waals surface area contributed by atoms with Crippen molar-refractivity contribution in [2.24, 2.45) is 0 Å². The van der Waals surface area contributed by atoms with Crippen LogP contribution in [0, 0.1) is 6.92 Å². The van der Waals surface area contributed by atoms with Crippen LogP contribution in [0.25, 0.3) is 11.4 Å². The summed E-state index contributed by atoms with van der Waals surface area (Å²) in [7, 11) is 0. The average Bonchev–Trinajstić information content (AvgIpc) is 3.27. The number of benzene rings is 1. The first-order valence-electron chi connectivity index (χ1n) is 9.28. The van der Waals surface area contributed by atoms with Crippen LogP contribution in [0.3, 0.4) is 0 Å². The van der Waals surface area contributed by atoms with Gasteiger partial charge < -0.3 is 5.32 Å². The lowest BCUT2D eigenvalue weighted by molar-refractivity contribution is 0.0930. The van der Waals surface area contributed by atoms with E-state index in [4.69, 9.17) is 0 Å². The van der Waals surface area contributed by atoms with Gasteiger partial charge in [0.2, 0.25) is 0 Å². The number of aromatic nitrogens is 5. The van der Waals surface area contributed by atoms with Crippen LogP contribution in [0.1, 0.15) is 27.7 Å². The lowest BCUT2D eigenvalue weighted by Crippen LogP contribution is -2.32. The maximum Gasteiger partial charge on any atom is 0.255 e. The standard InChI is InChI=1S/C22H20N6O/c1-16-19(14-24-21(26-16)18-9-5-10-23-13-18)22(29)27-20(15-28-12-6-11-25-28)17-7-3-2-4-8-17/h2-14,20H,15H2,1H3,(H,27,29)/t20-/m0/s1. The van der Waals surface area contributed by atoms with E-state index in [0.717, 1.165) is 11.1 Å². The van der Waals surface area contributed by atoms with Crippen molar-refractivity contribution in [2.75, 3.05) is 0 Å². The number of aryl methyl sites for hydroxylation is 1. The number of nitrogens with zero attached hydrogens (tertiary/aromatic N) is 5. The second-order valence-electron chi connectivity index (χ2n) is 6.60. The maximum absolute atomic E-state index is 13.0. The predicted octanol–water partition coefficient (Wildman–Crippen LogP) is 3.21. The Hall–Kier alpha value is -3.87. The average molecular weight is 384 g/mol. The van der Waals surface area contributed by atoms with Crippen molar-refractivity contribution in [3.05, 3.63) is 96.3 Å². The van der Waals surface area contributed by atoms with Gasteiger partial charge in [-0.15, -0.1) is 0 Å². The molecule has 0 fully saturated rings. The van der Waals surface area contributed by atoms with E-state index in [1.54, 1.807) is 29.5 Å². The molecule has 1 N–H and O–H groups in total. The highest BCUT2D eigenvalue weighted by Crippen LogP contribution is 2.18. The second kappa shape index (κ2) is 8.43. The van der Waals surface area contributed by atoms with E-state index in [9.17, 15) is 4.79 Å². The summed E-state index contributed by atoms with van der Waals surface area (Å²) in [6, 6.07) is 15.2. The molecule has 0 aliphatic rings. The van der Waals surface area contributed by atoms with E-state index in [2.05, 4.69) is 25.4 Å². The molecule has 0 bridgehead atoms. The topological polar surface area (TPSA) is 85.6 Å². The minimum atomic E-state index is -0.235. The molecule has 0 aliphatic heterocycles. The van der Waals surface area contributed by atoms with E-state index in [-0.39, 0.29) is 11.9 Å². The lowest BCUT2D eigenvalue weighted by atomic mass is 10.1. The quantitative estimate of drug-likeness (QED) is 0.552. The number of hydrogen-bond donors (Lipinski definition) is 1. The Bertz CT molecular complexity index is 1080. The van der Waals surface area contributed by atoms with Crippen LogP contribution in [0.2, 0.25) is 0 Å². The zero-order valence-electron chi connectivity index (χ0n) is 15.9. The van der Waals surface area contributed by atoms with Crippen LogP contribution >= 0.6 is 0 Å². The van der Waals surface area contributed by atoms with Crippen molar-refractivity contribution in [2.45, 2.75) is 19.5 Å². The van der Waals surface area contributed by atoms with Gasteiger partial charge in [0.25, 0.3) is 5.91 Å². The Morgan fingerprint density at radius 1 is 1.07 bits per heavy atom. The minimum absolute atomic E-state index is 0.221. The lowest BCUT2D eigenvalue weighted by Gasteiger charge is -2.20. The molecule has 144 valence electrons. The highest BCUT2D eigenvalue weighted by Gasteiger charge is 2.19. The van der Waals surface area contributed by atoms with E-state index in [1.807, 2.05) is 61.7 Å². The molecule has 1 amide bonds. The number of carbonyl (C=O) groups is 1. The number of carbonyl (C=O) groups excluding carboxylic acids is 1. The smallest absolute Gasteiger partial charge is 0.255 e. The zero-order chi connectivity index (χ0) is 20.1. The monoisotopic (exact) mass is 384 g/mol. The summed E-state index contributed by atoms with van der Waals surface area (Å²) < 4.78 is 1.80. The molecule has 1 atom stereocenters. The van der Waals surface area contributed by atoms with Crippen LogP contribution in [0.5, 0.6) is 0 Å². The first kappa shape index (κ1) is 18.5. The number of rotatable bonds is 6. The molecule has 3 heterocycles. The van der Waals surface area contributed by atoms with Crippen LogP contribution in [-0.2, 0) is 6.54 Å². The highest BCUT2D eigenvalue weighted by atomic mass is 16.1. The highest BCUT2D eigenvalue weighted by molar-refractivity contribution is 5.95. The Balaban J connectivity index is 1.57. The number of hydrogen-bond acceptors (Lipinski definition) is 5. The van der Waals surface area contributed by atoms with E-state index in [1.165, 1.54) is 0 Å². The van der Waals surface area contributed by atoms with E-state index >= 15 is 0 Å². The molecule has 4 rings (SSSR count). The Labute approximate surface area is 168 Å². The molecular formula is C22H20N6O. The molecule has 0 radical (unpaired) electrons. The molecule has 29 heavy (non-hydrogen) atoms. The Kier molecular flexibility index (Phi) is 5.38. The summed E-state index contributed by atoms with van der Waals surface area (Å²) in [5.41, 5.74) is 2.87. The normalized spacial score (nSPS) is 11.8. The van der Waals surface area contributed by atoms with Crippen molar-refractivity contribution < 1.29 is 4.79 Å². The molecule has 7 nitrogen and oxygen atoms in total. The molecule has 0 spiro atoms. The van der Waals surface area contributed by atoms with Crippen LogP contribution in [-0.4, -0.2) is 30.6 Å². The van der Waals surface area contributed by atoms with Crippen molar-refractivity contribution in [1.29, 1.82) is 0 Å². The zero-order valence-corrected chi connectivity index (χ0v) is 15.9. The van der Waals surface area contributed by atoms with Gasteiger partial charge in [-0.2, -0.15) is 5.10 Å². The minimum Gasteiger partial charge on any atom is -0.343 e. The van der Waals surface area contributed by atoms with Crippen LogP contribution in [0.4, 0.5) is 0 Å².